The Morgan fingerprint density at radius 2 is 2.04 bits per heavy atom. The Morgan fingerprint density at radius 3 is 2.59 bits per heavy atom. The number of likely N-dealkylation sites (N-methyl/N-ethyl adjacent to an activating group) is 1. The predicted octanol–water partition coefficient (Wildman–Crippen LogP) is 3.36. The normalized spacial score (nSPS) is 18.2. The number of nitrogens with one attached hydrogen (secondary N) is 1. The van der Waals surface area contributed by atoms with Crippen molar-refractivity contribution in [1.29, 1.82) is 0 Å². The van der Waals surface area contributed by atoms with Crippen molar-refractivity contribution in [2.75, 3.05) is 20.1 Å². The van der Waals surface area contributed by atoms with Gasteiger partial charge >= 0.3 is 6.18 Å². The number of alkyl halides is 3. The van der Waals surface area contributed by atoms with E-state index >= 15 is 0 Å². The van der Waals surface area contributed by atoms with Gasteiger partial charge in [-0.3, -0.25) is 0 Å². The molecule has 0 radical (unpaired) electrons. The fourth-order valence-electron chi connectivity index (χ4n) is 3.46. The first-order valence-corrected chi connectivity index (χ1v) is 8.90. The van der Waals surface area contributed by atoms with Gasteiger partial charge < -0.3 is 15.3 Å². The molecule has 5 nitrogen and oxygen atoms in total. The Morgan fingerprint density at radius 1 is 1.26 bits per heavy atom. The van der Waals surface area contributed by atoms with Crippen molar-refractivity contribution in [3.63, 3.8) is 0 Å². The number of benzene rings is 1. The van der Waals surface area contributed by atoms with Gasteiger partial charge in [0.1, 0.15) is 5.75 Å². The summed E-state index contributed by atoms with van der Waals surface area (Å²) >= 11 is 0. The van der Waals surface area contributed by atoms with E-state index in [4.69, 9.17) is 0 Å². The molecule has 2 heterocycles. The van der Waals surface area contributed by atoms with Crippen LogP contribution in [0.15, 0.2) is 24.3 Å². The molecule has 1 aliphatic rings. The molecule has 146 valence electrons. The maximum absolute atomic E-state index is 12.8. The minimum atomic E-state index is -4.50. The lowest BCUT2D eigenvalue weighted by molar-refractivity contribution is -0.137. The quantitative estimate of drug-likeness (QED) is 0.833. The van der Waals surface area contributed by atoms with E-state index in [1.165, 1.54) is 19.8 Å². The number of aromatic nitrogens is 2. The summed E-state index contributed by atoms with van der Waals surface area (Å²) < 4.78 is 38.5. The third-order valence-electron chi connectivity index (χ3n) is 4.98. The van der Waals surface area contributed by atoms with Gasteiger partial charge in [0.25, 0.3) is 0 Å². The standard InChI is InChI=1S/C19H23F3N4O/c1-12-8-13(19(20,21)22)9-17(27)18(12)16-6-5-14(24-25-16)10-23-11-15-4-3-7-26(15)2/h5-6,8-9,15,23,27H,3-4,7,10-11H2,1-2H3. The molecule has 0 amide bonds. The van der Waals surface area contributed by atoms with E-state index in [1.807, 2.05) is 0 Å². The highest BCUT2D eigenvalue weighted by atomic mass is 19.4. The number of phenolic OH excluding ortho intramolecular Hbond substituents is 1. The molecule has 1 aliphatic heterocycles. The average molecular weight is 380 g/mol. The molecule has 0 saturated carbocycles. The predicted molar refractivity (Wildman–Crippen MR) is 96.2 cm³/mol. The summed E-state index contributed by atoms with van der Waals surface area (Å²) in [6.07, 6.45) is -2.11. The van der Waals surface area contributed by atoms with Crippen molar-refractivity contribution in [2.24, 2.45) is 0 Å². The molecule has 3 rings (SSSR count). The van der Waals surface area contributed by atoms with Crippen LogP contribution in [0.5, 0.6) is 5.75 Å². The Kier molecular flexibility index (Phi) is 5.67. The molecule has 1 aromatic carbocycles. The van der Waals surface area contributed by atoms with Crippen LogP contribution >= 0.6 is 0 Å². The minimum Gasteiger partial charge on any atom is -0.507 e. The molecule has 1 fully saturated rings. The number of nitrogens with zero attached hydrogens (tertiary/aromatic N) is 3. The van der Waals surface area contributed by atoms with Crippen molar-refractivity contribution in [3.8, 4) is 17.0 Å². The lowest BCUT2D eigenvalue weighted by Gasteiger charge is -2.19. The number of halogens is 3. The molecule has 8 heteroatoms. The van der Waals surface area contributed by atoms with Gasteiger partial charge in [-0.25, -0.2) is 0 Å². The number of rotatable bonds is 5. The van der Waals surface area contributed by atoms with Crippen molar-refractivity contribution in [3.05, 3.63) is 41.1 Å². The van der Waals surface area contributed by atoms with Crippen LogP contribution in [0.3, 0.4) is 0 Å². The van der Waals surface area contributed by atoms with Gasteiger partial charge in [0.2, 0.25) is 0 Å². The molecule has 1 saturated heterocycles. The highest BCUT2D eigenvalue weighted by molar-refractivity contribution is 5.71. The van der Waals surface area contributed by atoms with Crippen molar-refractivity contribution in [1.82, 2.24) is 20.4 Å². The summed E-state index contributed by atoms with van der Waals surface area (Å²) in [4.78, 5) is 2.33. The Labute approximate surface area is 156 Å². The molecule has 0 spiro atoms. The van der Waals surface area contributed by atoms with Crippen molar-refractivity contribution in [2.45, 2.75) is 38.5 Å². The SMILES string of the molecule is Cc1cc(C(F)(F)F)cc(O)c1-c1ccc(CNCC2CCCN2C)nn1. The number of likely N-dealkylation sites (tertiary alicyclic amines) is 1. The van der Waals surface area contributed by atoms with Crippen LogP contribution in [0.1, 0.15) is 29.7 Å². The second-order valence-electron chi connectivity index (χ2n) is 7.00. The first kappa shape index (κ1) is 19.6. The van der Waals surface area contributed by atoms with Crippen LogP contribution in [0, 0.1) is 6.92 Å². The van der Waals surface area contributed by atoms with Crippen LogP contribution in [-0.2, 0) is 12.7 Å². The summed E-state index contributed by atoms with van der Waals surface area (Å²) in [6.45, 7) is 4.07. The molecule has 27 heavy (non-hydrogen) atoms. The molecular formula is C19H23F3N4O. The summed E-state index contributed by atoms with van der Waals surface area (Å²) in [7, 11) is 2.12. The first-order chi connectivity index (χ1) is 12.8. The molecule has 1 aromatic heterocycles. The zero-order valence-electron chi connectivity index (χ0n) is 15.3. The Bertz CT molecular complexity index is 770. The second-order valence-corrected chi connectivity index (χ2v) is 7.00. The molecule has 2 aromatic rings. The summed E-state index contributed by atoms with van der Waals surface area (Å²) in [5.41, 5.74) is 0.766. The largest absolute Gasteiger partial charge is 0.507 e. The Balaban J connectivity index is 1.68. The maximum atomic E-state index is 12.8. The molecule has 2 N–H and O–H groups in total. The van der Waals surface area contributed by atoms with E-state index in [9.17, 15) is 18.3 Å². The zero-order chi connectivity index (χ0) is 19.6. The summed E-state index contributed by atoms with van der Waals surface area (Å²) in [5, 5.41) is 21.6. The monoisotopic (exact) mass is 380 g/mol. The summed E-state index contributed by atoms with van der Waals surface area (Å²) in [6, 6.07) is 5.69. The van der Waals surface area contributed by atoms with Crippen LogP contribution in [0.25, 0.3) is 11.3 Å². The lowest BCUT2D eigenvalue weighted by Crippen LogP contribution is -2.35. The highest BCUT2D eigenvalue weighted by Crippen LogP contribution is 2.38. The van der Waals surface area contributed by atoms with Gasteiger partial charge in [-0.15, -0.1) is 0 Å². The van der Waals surface area contributed by atoms with Crippen LogP contribution in [0.2, 0.25) is 0 Å². The molecule has 0 aliphatic carbocycles. The molecule has 1 atom stereocenters. The topological polar surface area (TPSA) is 61.3 Å². The minimum absolute atomic E-state index is 0.266. The van der Waals surface area contributed by atoms with E-state index in [1.54, 1.807) is 12.1 Å². The van der Waals surface area contributed by atoms with Gasteiger partial charge in [-0.05, 0) is 63.2 Å². The molecule has 1 unspecified atom stereocenters. The maximum Gasteiger partial charge on any atom is 0.416 e. The number of hydrogen-bond donors (Lipinski definition) is 2. The second kappa shape index (κ2) is 7.82. The van der Waals surface area contributed by atoms with Crippen LogP contribution < -0.4 is 5.32 Å². The average Bonchev–Trinajstić information content (AvgIpc) is 3.00. The van der Waals surface area contributed by atoms with Crippen LogP contribution in [-0.4, -0.2) is 46.4 Å². The number of aryl methyl sites for hydroxylation is 1. The highest BCUT2D eigenvalue weighted by Gasteiger charge is 2.32. The fourth-order valence-corrected chi connectivity index (χ4v) is 3.46. The van der Waals surface area contributed by atoms with Gasteiger partial charge in [-0.1, -0.05) is 0 Å². The zero-order valence-corrected chi connectivity index (χ0v) is 15.3. The summed E-state index contributed by atoms with van der Waals surface area (Å²) in [5.74, 6) is -0.452. The first-order valence-electron chi connectivity index (χ1n) is 8.90. The smallest absolute Gasteiger partial charge is 0.416 e. The van der Waals surface area contributed by atoms with Crippen molar-refractivity contribution < 1.29 is 18.3 Å². The number of hydrogen-bond acceptors (Lipinski definition) is 5. The van der Waals surface area contributed by atoms with E-state index < -0.39 is 17.5 Å². The van der Waals surface area contributed by atoms with Gasteiger partial charge in [0, 0.05) is 24.7 Å². The third-order valence-corrected chi connectivity index (χ3v) is 4.98. The van der Waals surface area contributed by atoms with E-state index in [0.717, 1.165) is 30.9 Å². The van der Waals surface area contributed by atoms with Gasteiger partial charge in [0.15, 0.2) is 0 Å². The van der Waals surface area contributed by atoms with Gasteiger partial charge in [0.05, 0.1) is 17.0 Å². The lowest BCUT2D eigenvalue weighted by atomic mass is 10.0. The molecule has 0 bridgehead atoms. The van der Waals surface area contributed by atoms with Crippen molar-refractivity contribution >= 4 is 0 Å². The number of aromatic hydroxyl groups is 1. The fraction of sp³-hybridized carbons (Fsp3) is 0.474. The van der Waals surface area contributed by atoms with E-state index in [-0.39, 0.29) is 5.56 Å². The number of phenols is 1. The van der Waals surface area contributed by atoms with E-state index in [2.05, 4.69) is 27.5 Å². The third kappa shape index (κ3) is 4.56. The van der Waals surface area contributed by atoms with Crippen LogP contribution in [0.4, 0.5) is 13.2 Å². The molecular weight excluding hydrogens is 357 g/mol. The van der Waals surface area contributed by atoms with E-state index in [0.29, 0.717) is 23.8 Å². The Hall–Kier alpha value is -2.19. The van der Waals surface area contributed by atoms with Gasteiger partial charge in [-0.2, -0.15) is 23.4 Å².